The maximum Gasteiger partial charge on any atom is 0.312 e. The summed E-state index contributed by atoms with van der Waals surface area (Å²) in [5.41, 5.74) is 5.80. The van der Waals surface area contributed by atoms with Gasteiger partial charge in [0.15, 0.2) is 0 Å². The second kappa shape index (κ2) is 13.0. The predicted molar refractivity (Wildman–Crippen MR) is 110 cm³/mol. The van der Waals surface area contributed by atoms with Gasteiger partial charge in [-0.25, -0.2) is 4.39 Å². The lowest BCUT2D eigenvalue weighted by Crippen LogP contribution is -2.57. The van der Waals surface area contributed by atoms with Crippen LogP contribution in [0, 0.1) is 11.7 Å². The zero-order valence-electron chi connectivity index (χ0n) is 18.2. The minimum atomic E-state index is -1.62. The highest BCUT2D eigenvalue weighted by Gasteiger charge is 2.38. The topological polar surface area (TPSA) is 154 Å². The molecule has 11 heteroatoms. The van der Waals surface area contributed by atoms with Crippen LogP contribution in [0.1, 0.15) is 32.8 Å². The van der Waals surface area contributed by atoms with E-state index in [1.165, 1.54) is 32.0 Å². The van der Waals surface area contributed by atoms with Gasteiger partial charge in [-0.2, -0.15) is 0 Å². The van der Waals surface area contributed by atoms with Gasteiger partial charge < -0.3 is 25.8 Å². The van der Waals surface area contributed by atoms with Crippen molar-refractivity contribution in [3.05, 3.63) is 35.6 Å². The Morgan fingerprint density at radius 2 is 1.72 bits per heavy atom. The van der Waals surface area contributed by atoms with Gasteiger partial charge in [-0.05, 0) is 31.5 Å². The van der Waals surface area contributed by atoms with Gasteiger partial charge in [0.2, 0.25) is 17.7 Å². The minimum Gasteiger partial charge on any atom is -0.466 e. The number of halogens is 1. The number of esters is 2. The van der Waals surface area contributed by atoms with E-state index < -0.39 is 59.9 Å². The summed E-state index contributed by atoms with van der Waals surface area (Å²) in [6, 6.07) is 2.58. The lowest BCUT2D eigenvalue weighted by atomic mass is 9.94. The summed E-state index contributed by atoms with van der Waals surface area (Å²) >= 11 is 0. The molecule has 3 atom stereocenters. The third-order valence-corrected chi connectivity index (χ3v) is 4.31. The molecule has 32 heavy (non-hydrogen) atoms. The molecule has 1 aromatic carbocycles. The van der Waals surface area contributed by atoms with Crippen LogP contribution in [0.15, 0.2) is 24.3 Å². The number of hydrogen-bond acceptors (Lipinski definition) is 7. The monoisotopic (exact) mass is 453 g/mol. The second-order valence-electron chi connectivity index (χ2n) is 6.84. The van der Waals surface area contributed by atoms with Crippen LogP contribution in [0.3, 0.4) is 0 Å². The van der Waals surface area contributed by atoms with Crippen molar-refractivity contribution in [1.29, 1.82) is 0 Å². The number of primary amides is 1. The van der Waals surface area contributed by atoms with Gasteiger partial charge in [0.05, 0.1) is 25.6 Å². The fourth-order valence-corrected chi connectivity index (χ4v) is 2.96. The van der Waals surface area contributed by atoms with E-state index >= 15 is 0 Å². The Labute approximate surface area is 185 Å². The van der Waals surface area contributed by atoms with Crippen LogP contribution in [0.25, 0.3) is 0 Å². The van der Waals surface area contributed by atoms with Crippen molar-refractivity contribution in [2.45, 2.75) is 45.7 Å². The third-order valence-electron chi connectivity index (χ3n) is 4.31. The van der Waals surface area contributed by atoms with E-state index in [-0.39, 0.29) is 19.6 Å². The van der Waals surface area contributed by atoms with E-state index in [4.69, 9.17) is 15.2 Å². The van der Waals surface area contributed by atoms with Gasteiger partial charge in [-0.15, -0.1) is 0 Å². The zero-order valence-corrected chi connectivity index (χ0v) is 18.2. The number of carbonyl (C=O) groups excluding carboxylic acids is 5. The quantitative estimate of drug-likeness (QED) is 0.376. The van der Waals surface area contributed by atoms with E-state index in [2.05, 4.69) is 10.6 Å². The fraction of sp³-hybridized carbons (Fsp3) is 0.476. The molecule has 0 aliphatic heterocycles. The van der Waals surface area contributed by atoms with E-state index in [9.17, 15) is 28.4 Å². The first-order valence-electron chi connectivity index (χ1n) is 10.0. The predicted octanol–water partition coefficient (Wildman–Crippen LogP) is -0.0245. The number of amides is 3. The van der Waals surface area contributed by atoms with Crippen molar-refractivity contribution in [2.24, 2.45) is 11.7 Å². The summed E-state index contributed by atoms with van der Waals surface area (Å²) in [6.07, 6.45) is -0.661. The van der Waals surface area contributed by atoms with E-state index in [0.29, 0.717) is 5.56 Å². The second-order valence-corrected chi connectivity index (χ2v) is 6.84. The number of nitrogens with two attached hydrogens (primary N) is 1. The summed E-state index contributed by atoms with van der Waals surface area (Å²) in [6.45, 7) is 4.28. The van der Waals surface area contributed by atoms with Crippen molar-refractivity contribution in [2.75, 3.05) is 13.2 Å². The number of benzene rings is 1. The summed E-state index contributed by atoms with van der Waals surface area (Å²) in [4.78, 5) is 60.9. The molecule has 1 aromatic rings. The number of hydrogen-bond donors (Lipinski definition) is 3. The molecule has 0 aliphatic carbocycles. The number of nitrogens with one attached hydrogen (secondary N) is 2. The van der Waals surface area contributed by atoms with Crippen molar-refractivity contribution in [1.82, 2.24) is 10.6 Å². The molecule has 0 aromatic heterocycles. The lowest BCUT2D eigenvalue weighted by Gasteiger charge is -2.26. The highest BCUT2D eigenvalue weighted by atomic mass is 19.1. The highest BCUT2D eigenvalue weighted by molar-refractivity contribution is 5.95. The van der Waals surface area contributed by atoms with Gasteiger partial charge in [0.1, 0.15) is 17.9 Å². The van der Waals surface area contributed by atoms with Crippen LogP contribution in [-0.4, -0.2) is 55.0 Å². The van der Waals surface area contributed by atoms with Crippen molar-refractivity contribution < 1.29 is 37.8 Å². The summed E-state index contributed by atoms with van der Waals surface area (Å²) < 4.78 is 23.2. The molecular formula is C21H28FN3O7. The average molecular weight is 453 g/mol. The Morgan fingerprint density at radius 3 is 2.25 bits per heavy atom. The van der Waals surface area contributed by atoms with E-state index in [1.807, 2.05) is 0 Å². The first-order chi connectivity index (χ1) is 15.1. The Morgan fingerprint density at radius 1 is 1.06 bits per heavy atom. The molecule has 0 aliphatic rings. The van der Waals surface area contributed by atoms with Crippen molar-refractivity contribution in [3.8, 4) is 0 Å². The third kappa shape index (κ3) is 8.70. The normalized spacial score (nSPS) is 13.2. The molecule has 0 heterocycles. The van der Waals surface area contributed by atoms with Crippen molar-refractivity contribution in [3.63, 3.8) is 0 Å². The molecule has 0 bridgehead atoms. The Kier molecular flexibility index (Phi) is 10.8. The molecule has 3 amide bonds. The summed E-state index contributed by atoms with van der Waals surface area (Å²) in [5, 5.41) is 4.73. The average Bonchev–Trinajstić information content (AvgIpc) is 2.69. The van der Waals surface area contributed by atoms with Gasteiger partial charge in [-0.1, -0.05) is 12.1 Å². The smallest absolute Gasteiger partial charge is 0.312 e. The van der Waals surface area contributed by atoms with Crippen LogP contribution in [0.4, 0.5) is 4.39 Å². The summed E-state index contributed by atoms with van der Waals surface area (Å²) in [5.74, 6) is -6.18. The number of rotatable bonds is 12. The standard InChI is InChI=1S/C21H28FN3O7/c1-4-31-17(27)11-15(21(30)32-5-2)18(19(23)28)25-20(29)16(24-12(3)26)10-13-7-6-8-14(22)9-13/h6-9,15-16,18H,4-5,10-11H2,1-3H3,(H2,23,28)(H,24,26)(H,25,29)/t15-,16+,18+/m1/s1. The Balaban J connectivity index is 3.14. The van der Waals surface area contributed by atoms with Gasteiger partial charge >= 0.3 is 11.9 Å². The van der Waals surface area contributed by atoms with Crippen LogP contribution >= 0.6 is 0 Å². The maximum atomic E-state index is 13.5. The molecule has 0 unspecified atom stereocenters. The summed E-state index contributed by atoms with van der Waals surface area (Å²) in [7, 11) is 0. The van der Waals surface area contributed by atoms with Gasteiger partial charge in [0, 0.05) is 13.3 Å². The van der Waals surface area contributed by atoms with Crippen LogP contribution in [0.2, 0.25) is 0 Å². The van der Waals surface area contributed by atoms with Crippen LogP contribution in [-0.2, 0) is 39.9 Å². The van der Waals surface area contributed by atoms with Crippen LogP contribution < -0.4 is 16.4 Å². The van der Waals surface area contributed by atoms with E-state index in [1.54, 1.807) is 13.0 Å². The molecule has 0 spiro atoms. The lowest BCUT2D eigenvalue weighted by molar-refractivity contribution is -0.157. The fourth-order valence-electron chi connectivity index (χ4n) is 2.96. The Bertz CT molecular complexity index is 846. The molecular weight excluding hydrogens is 425 g/mol. The first kappa shape index (κ1) is 26.5. The molecule has 1 rings (SSSR count). The van der Waals surface area contributed by atoms with Crippen LogP contribution in [0.5, 0.6) is 0 Å². The van der Waals surface area contributed by atoms with E-state index in [0.717, 1.165) is 0 Å². The number of ether oxygens (including phenoxy) is 2. The molecule has 10 nitrogen and oxygen atoms in total. The largest absolute Gasteiger partial charge is 0.466 e. The highest BCUT2D eigenvalue weighted by Crippen LogP contribution is 2.15. The Hall–Kier alpha value is -3.50. The molecule has 0 fully saturated rings. The van der Waals surface area contributed by atoms with Gasteiger partial charge in [-0.3, -0.25) is 24.0 Å². The molecule has 0 radical (unpaired) electrons. The van der Waals surface area contributed by atoms with Crippen molar-refractivity contribution >= 4 is 29.7 Å². The molecule has 4 N–H and O–H groups in total. The molecule has 0 saturated carbocycles. The minimum absolute atomic E-state index is 0.0360. The first-order valence-corrected chi connectivity index (χ1v) is 10.0. The SMILES string of the molecule is CCOC(=O)C[C@@H](C(=O)OCC)[C@H](NC(=O)[C@H](Cc1cccc(F)c1)NC(C)=O)C(N)=O. The molecule has 176 valence electrons. The molecule has 0 saturated heterocycles. The van der Waals surface area contributed by atoms with Gasteiger partial charge in [0.25, 0.3) is 0 Å². The zero-order chi connectivity index (χ0) is 24.3. The maximum absolute atomic E-state index is 13.5. The number of carbonyl (C=O) groups is 5.